The molecule has 0 spiro atoms. The number of alkyl carbamates (subject to hydrolysis) is 1. The fourth-order valence-electron chi connectivity index (χ4n) is 5.17. The third kappa shape index (κ3) is 11.7. The van der Waals surface area contributed by atoms with Crippen LogP contribution in [-0.4, -0.2) is 82.5 Å². The Balaban J connectivity index is 1.74. The number of H-pyrrole nitrogens is 1. The van der Waals surface area contributed by atoms with Crippen molar-refractivity contribution in [2.24, 2.45) is 11.8 Å². The van der Waals surface area contributed by atoms with Crippen LogP contribution in [0.25, 0.3) is 10.9 Å². The van der Waals surface area contributed by atoms with Gasteiger partial charge in [-0.25, -0.2) is 10.6 Å². The number of hydrogen-bond donors (Lipinski definition) is 8. The van der Waals surface area contributed by atoms with Crippen molar-refractivity contribution in [3.8, 4) is 0 Å². The second kappa shape index (κ2) is 17.9. The largest absolute Gasteiger partial charge is 0.444 e. The van der Waals surface area contributed by atoms with Crippen LogP contribution in [0, 0.1) is 5.92 Å². The molecule has 0 bridgehead atoms. The van der Waals surface area contributed by atoms with Gasteiger partial charge in [0.25, 0.3) is 5.91 Å². The van der Waals surface area contributed by atoms with Gasteiger partial charge in [0, 0.05) is 29.1 Å². The van der Waals surface area contributed by atoms with Crippen molar-refractivity contribution < 1.29 is 38.6 Å². The molecule has 0 aliphatic rings. The standard InChI is InChI=1S/C35H47N7O8/c1-20(2)14-27(31(46)40-29(19-44)33(48)38-24(18-43)15-21-10-12-22(13-11-21)30(45)42-36)39-32(47)28(41-34(49)50-35(3,4)5)16-23-17-37-26-9-7-6-8-25(23)26/h6-13,17-18,20,24,27-29,37,44H,14-16,19,36H2,1-5H3,(H,38,48)(H,39,47)(H,40,46)(H,41,49)(H,42,45). The highest BCUT2D eigenvalue weighted by atomic mass is 16.6. The molecule has 1 aromatic heterocycles. The van der Waals surface area contributed by atoms with Crippen LogP contribution in [0.4, 0.5) is 4.79 Å². The first-order valence-corrected chi connectivity index (χ1v) is 16.3. The number of fused-ring (bicyclic) bond motifs is 1. The van der Waals surface area contributed by atoms with Gasteiger partial charge in [-0.05, 0) is 68.9 Å². The van der Waals surface area contributed by atoms with E-state index in [1.807, 2.05) is 43.5 Å². The SMILES string of the molecule is CC(C)CC(NC(=O)C(Cc1c[nH]c2ccccc12)NC(=O)OC(C)(C)C)C(=O)NC(CO)C(=O)NC(C=O)Cc1ccc(C(=O)NN)cc1. The van der Waals surface area contributed by atoms with Crippen molar-refractivity contribution in [3.05, 3.63) is 71.4 Å². The number of para-hydroxylation sites is 1. The first-order valence-electron chi connectivity index (χ1n) is 16.3. The number of aromatic amines is 1. The van der Waals surface area contributed by atoms with E-state index in [2.05, 4.69) is 26.3 Å². The maximum atomic E-state index is 13.8. The molecule has 3 rings (SSSR count). The van der Waals surface area contributed by atoms with E-state index in [-0.39, 0.29) is 25.2 Å². The second-order valence-electron chi connectivity index (χ2n) is 13.3. The van der Waals surface area contributed by atoms with Gasteiger partial charge in [0.15, 0.2) is 0 Å². The predicted molar refractivity (Wildman–Crippen MR) is 185 cm³/mol. The molecule has 9 N–H and O–H groups in total. The van der Waals surface area contributed by atoms with Crippen molar-refractivity contribution in [1.82, 2.24) is 31.7 Å². The Labute approximate surface area is 290 Å². The number of aromatic nitrogens is 1. The molecule has 0 saturated carbocycles. The molecule has 15 heteroatoms. The maximum Gasteiger partial charge on any atom is 0.408 e. The molecule has 0 fully saturated rings. The van der Waals surface area contributed by atoms with Crippen LogP contribution in [0.15, 0.2) is 54.7 Å². The van der Waals surface area contributed by atoms with Crippen LogP contribution in [-0.2, 0) is 36.8 Å². The summed E-state index contributed by atoms with van der Waals surface area (Å²) in [7, 11) is 0. The number of nitrogen functional groups attached to an aromatic ring is 1. The van der Waals surface area contributed by atoms with E-state index >= 15 is 0 Å². The number of hydrazine groups is 1. The van der Waals surface area contributed by atoms with Crippen molar-refractivity contribution in [2.45, 2.75) is 83.6 Å². The van der Waals surface area contributed by atoms with Gasteiger partial charge >= 0.3 is 6.09 Å². The first-order chi connectivity index (χ1) is 23.6. The zero-order chi connectivity index (χ0) is 37.0. The van der Waals surface area contributed by atoms with E-state index < -0.39 is 66.1 Å². The first kappa shape index (κ1) is 39.2. The molecular formula is C35H47N7O8. The quantitative estimate of drug-likeness (QED) is 0.0464. The third-order valence-electron chi connectivity index (χ3n) is 7.56. The lowest BCUT2D eigenvalue weighted by molar-refractivity contribution is -0.134. The summed E-state index contributed by atoms with van der Waals surface area (Å²) >= 11 is 0. The minimum Gasteiger partial charge on any atom is -0.444 e. The number of rotatable bonds is 16. The minimum atomic E-state index is -1.45. The molecule has 0 aliphatic carbocycles. The van der Waals surface area contributed by atoms with Crippen LogP contribution < -0.4 is 32.5 Å². The van der Waals surface area contributed by atoms with Crippen molar-refractivity contribution in [1.29, 1.82) is 0 Å². The molecule has 4 atom stereocenters. The molecule has 50 heavy (non-hydrogen) atoms. The molecule has 270 valence electrons. The highest BCUT2D eigenvalue weighted by Gasteiger charge is 2.32. The zero-order valence-electron chi connectivity index (χ0n) is 28.9. The molecule has 15 nitrogen and oxygen atoms in total. The van der Waals surface area contributed by atoms with Gasteiger partial charge in [-0.2, -0.15) is 0 Å². The normalized spacial score (nSPS) is 13.8. The van der Waals surface area contributed by atoms with Crippen LogP contribution in [0.3, 0.4) is 0 Å². The monoisotopic (exact) mass is 693 g/mol. The number of nitrogens with two attached hydrogens (primary N) is 1. The molecule has 1 heterocycles. The summed E-state index contributed by atoms with van der Waals surface area (Å²) in [5.41, 5.74) is 3.71. The average molecular weight is 694 g/mol. The summed E-state index contributed by atoms with van der Waals surface area (Å²) < 4.78 is 5.40. The van der Waals surface area contributed by atoms with Crippen LogP contribution >= 0.6 is 0 Å². The minimum absolute atomic E-state index is 0.0698. The summed E-state index contributed by atoms with van der Waals surface area (Å²) in [6, 6.07) is 8.94. The fraction of sp³-hybridized carbons (Fsp3) is 0.429. The van der Waals surface area contributed by atoms with Crippen molar-refractivity contribution in [2.75, 3.05) is 6.61 Å². The highest BCUT2D eigenvalue weighted by Crippen LogP contribution is 2.20. The van der Waals surface area contributed by atoms with E-state index in [1.54, 1.807) is 39.1 Å². The van der Waals surface area contributed by atoms with E-state index in [0.717, 1.165) is 16.5 Å². The van der Waals surface area contributed by atoms with E-state index in [1.165, 1.54) is 12.1 Å². The molecule has 2 aromatic carbocycles. The van der Waals surface area contributed by atoms with Gasteiger partial charge in [-0.15, -0.1) is 0 Å². The smallest absolute Gasteiger partial charge is 0.408 e. The summed E-state index contributed by atoms with van der Waals surface area (Å²) in [5, 5.41) is 21.2. The number of benzene rings is 2. The van der Waals surface area contributed by atoms with Crippen LogP contribution in [0.5, 0.6) is 0 Å². The lowest BCUT2D eigenvalue weighted by Gasteiger charge is -2.27. The van der Waals surface area contributed by atoms with Crippen molar-refractivity contribution >= 4 is 46.9 Å². The van der Waals surface area contributed by atoms with Gasteiger partial charge in [0.05, 0.1) is 12.6 Å². The Bertz CT molecular complexity index is 1650. The van der Waals surface area contributed by atoms with Gasteiger partial charge < -0.3 is 40.9 Å². The van der Waals surface area contributed by atoms with E-state index in [9.17, 15) is 33.9 Å². The Kier molecular flexibility index (Phi) is 14.0. The number of carbonyl (C=O) groups is 6. The lowest BCUT2D eigenvalue weighted by atomic mass is 10.0. The highest BCUT2D eigenvalue weighted by molar-refractivity contribution is 5.95. The number of carbonyl (C=O) groups excluding carboxylic acids is 6. The van der Waals surface area contributed by atoms with Gasteiger partial charge in [0.2, 0.25) is 17.7 Å². The number of aldehydes is 1. The molecule has 0 saturated heterocycles. The average Bonchev–Trinajstić information content (AvgIpc) is 3.47. The Hall–Kier alpha value is -5.28. The van der Waals surface area contributed by atoms with Gasteiger partial charge in [0.1, 0.15) is 30.0 Å². The van der Waals surface area contributed by atoms with Crippen LogP contribution in [0.2, 0.25) is 0 Å². The lowest BCUT2D eigenvalue weighted by Crippen LogP contribution is -2.59. The Morgan fingerprint density at radius 1 is 0.860 bits per heavy atom. The molecule has 3 aromatic rings. The van der Waals surface area contributed by atoms with Gasteiger partial charge in [-0.3, -0.25) is 24.6 Å². The Morgan fingerprint density at radius 3 is 2.08 bits per heavy atom. The second-order valence-corrected chi connectivity index (χ2v) is 13.3. The molecule has 0 aliphatic heterocycles. The Morgan fingerprint density at radius 2 is 1.48 bits per heavy atom. The zero-order valence-corrected chi connectivity index (χ0v) is 28.9. The molecular weight excluding hydrogens is 646 g/mol. The van der Waals surface area contributed by atoms with Crippen LogP contribution in [0.1, 0.15) is 62.5 Å². The van der Waals surface area contributed by atoms with E-state index in [4.69, 9.17) is 10.6 Å². The van der Waals surface area contributed by atoms with Gasteiger partial charge in [-0.1, -0.05) is 44.2 Å². The molecule has 5 amide bonds. The number of aliphatic hydroxyl groups excluding tert-OH is 1. The number of nitrogens with one attached hydrogen (secondary N) is 6. The summed E-state index contributed by atoms with van der Waals surface area (Å²) in [5.74, 6) is 2.33. The maximum absolute atomic E-state index is 13.8. The van der Waals surface area contributed by atoms with Crippen molar-refractivity contribution in [3.63, 3.8) is 0 Å². The summed E-state index contributed by atoms with van der Waals surface area (Å²) in [4.78, 5) is 79.8. The number of amides is 5. The van der Waals surface area contributed by atoms with E-state index in [0.29, 0.717) is 17.4 Å². The fourth-order valence-corrected chi connectivity index (χ4v) is 5.17. The third-order valence-corrected chi connectivity index (χ3v) is 7.56. The topological polar surface area (TPSA) is 234 Å². The number of aliphatic hydroxyl groups is 1. The molecule has 0 radical (unpaired) electrons. The number of ether oxygens (including phenoxy) is 1. The summed E-state index contributed by atoms with van der Waals surface area (Å²) in [6.45, 7) is 7.97. The predicted octanol–water partition coefficient (Wildman–Crippen LogP) is 1.14. The number of hydrogen-bond acceptors (Lipinski definition) is 9. The molecule has 4 unspecified atom stereocenters. The summed E-state index contributed by atoms with van der Waals surface area (Å²) in [6.07, 6.45) is 1.75.